The predicted octanol–water partition coefficient (Wildman–Crippen LogP) is 3.60. The van der Waals surface area contributed by atoms with E-state index in [2.05, 4.69) is 4.98 Å². The third-order valence-corrected chi connectivity index (χ3v) is 4.13. The number of hydrogen-bond acceptors (Lipinski definition) is 3. The molecule has 1 aromatic heterocycles. The molecule has 1 atom stereocenters. The molecule has 114 valence electrons. The van der Waals surface area contributed by atoms with Crippen molar-refractivity contribution in [1.29, 1.82) is 0 Å². The van der Waals surface area contributed by atoms with E-state index in [1.54, 1.807) is 41.6 Å². The molecule has 1 aliphatic heterocycles. The van der Waals surface area contributed by atoms with Gasteiger partial charge in [0.2, 0.25) is 0 Å². The van der Waals surface area contributed by atoms with Gasteiger partial charge in [0.05, 0.1) is 18.7 Å². The van der Waals surface area contributed by atoms with Gasteiger partial charge in [-0.2, -0.15) is 0 Å². The molecule has 1 saturated heterocycles. The van der Waals surface area contributed by atoms with Gasteiger partial charge in [0.25, 0.3) is 5.91 Å². The molecule has 0 spiro atoms. The highest BCUT2D eigenvalue weighted by Gasteiger charge is 2.27. The summed E-state index contributed by atoms with van der Waals surface area (Å²) < 4.78 is 5.76. The molecule has 6 heteroatoms. The van der Waals surface area contributed by atoms with E-state index in [9.17, 15) is 4.79 Å². The van der Waals surface area contributed by atoms with E-state index in [0.717, 1.165) is 5.56 Å². The molecule has 0 aliphatic carbocycles. The van der Waals surface area contributed by atoms with Gasteiger partial charge in [0.1, 0.15) is 6.10 Å². The molecular formula is C16H14Cl2N2O2. The first-order valence-electron chi connectivity index (χ1n) is 6.91. The van der Waals surface area contributed by atoms with Gasteiger partial charge in [-0.3, -0.25) is 9.78 Å². The Balaban J connectivity index is 1.78. The van der Waals surface area contributed by atoms with Crippen LogP contribution in [0.4, 0.5) is 0 Å². The summed E-state index contributed by atoms with van der Waals surface area (Å²) in [5.74, 6) is -0.0496. The summed E-state index contributed by atoms with van der Waals surface area (Å²) in [6.07, 6.45) is 2.97. The predicted molar refractivity (Wildman–Crippen MR) is 85.3 cm³/mol. The number of carbonyl (C=O) groups is 1. The van der Waals surface area contributed by atoms with Gasteiger partial charge in [-0.1, -0.05) is 29.3 Å². The van der Waals surface area contributed by atoms with Crippen LogP contribution in [0, 0.1) is 0 Å². The standard InChI is InChI=1S/C16H14Cl2N2O2/c17-12-3-4-13(14(18)8-12)15-10-20(6-7-22-15)16(21)11-2-1-5-19-9-11/h1-5,8-9,15H,6-7,10H2. The van der Waals surface area contributed by atoms with Crippen LogP contribution in [0.3, 0.4) is 0 Å². The molecular weight excluding hydrogens is 323 g/mol. The Kier molecular flexibility index (Phi) is 4.62. The van der Waals surface area contributed by atoms with Crippen LogP contribution in [0.25, 0.3) is 0 Å². The topological polar surface area (TPSA) is 42.4 Å². The fourth-order valence-electron chi connectivity index (χ4n) is 2.46. The van der Waals surface area contributed by atoms with E-state index in [4.69, 9.17) is 27.9 Å². The average molecular weight is 337 g/mol. The number of halogens is 2. The van der Waals surface area contributed by atoms with Crippen LogP contribution in [-0.2, 0) is 4.74 Å². The lowest BCUT2D eigenvalue weighted by Crippen LogP contribution is -2.42. The molecule has 0 saturated carbocycles. The highest BCUT2D eigenvalue weighted by molar-refractivity contribution is 6.35. The summed E-state index contributed by atoms with van der Waals surface area (Å²) in [7, 11) is 0. The SMILES string of the molecule is O=C(c1cccnc1)N1CCOC(c2ccc(Cl)cc2Cl)C1. The van der Waals surface area contributed by atoms with Crippen molar-refractivity contribution in [3.05, 3.63) is 63.9 Å². The molecule has 4 nitrogen and oxygen atoms in total. The summed E-state index contributed by atoms with van der Waals surface area (Å²) in [5, 5.41) is 1.13. The quantitative estimate of drug-likeness (QED) is 0.841. The number of amides is 1. The molecule has 1 aliphatic rings. The molecule has 0 radical (unpaired) electrons. The number of hydrogen-bond donors (Lipinski definition) is 0. The van der Waals surface area contributed by atoms with Crippen molar-refractivity contribution in [1.82, 2.24) is 9.88 Å². The van der Waals surface area contributed by atoms with E-state index in [1.165, 1.54) is 0 Å². The maximum absolute atomic E-state index is 12.5. The summed E-state index contributed by atoms with van der Waals surface area (Å²) in [6, 6.07) is 8.81. The average Bonchev–Trinajstić information content (AvgIpc) is 2.55. The zero-order chi connectivity index (χ0) is 15.5. The number of pyridine rings is 1. The lowest BCUT2D eigenvalue weighted by Gasteiger charge is -2.33. The van der Waals surface area contributed by atoms with E-state index in [1.807, 2.05) is 6.07 Å². The first kappa shape index (κ1) is 15.3. The highest BCUT2D eigenvalue weighted by atomic mass is 35.5. The van der Waals surface area contributed by atoms with Crippen LogP contribution in [0.2, 0.25) is 10.0 Å². The van der Waals surface area contributed by atoms with Crippen LogP contribution < -0.4 is 0 Å². The fourth-order valence-corrected chi connectivity index (χ4v) is 2.99. The Morgan fingerprint density at radius 3 is 2.91 bits per heavy atom. The van der Waals surface area contributed by atoms with Crippen molar-refractivity contribution in [2.45, 2.75) is 6.10 Å². The van der Waals surface area contributed by atoms with E-state index in [0.29, 0.717) is 35.3 Å². The molecule has 22 heavy (non-hydrogen) atoms. The minimum atomic E-state index is -0.251. The van der Waals surface area contributed by atoms with Crippen molar-refractivity contribution in [3.8, 4) is 0 Å². The van der Waals surface area contributed by atoms with Crippen molar-refractivity contribution >= 4 is 29.1 Å². The molecule has 0 N–H and O–H groups in total. The molecule has 1 aromatic carbocycles. The summed E-state index contributed by atoms with van der Waals surface area (Å²) >= 11 is 12.1. The van der Waals surface area contributed by atoms with Crippen LogP contribution in [0.1, 0.15) is 22.0 Å². The normalized spacial score (nSPS) is 18.3. The number of nitrogens with zero attached hydrogens (tertiary/aromatic N) is 2. The minimum absolute atomic E-state index is 0.0496. The number of benzene rings is 1. The van der Waals surface area contributed by atoms with Crippen molar-refractivity contribution in [2.75, 3.05) is 19.7 Å². The Labute approximate surface area is 138 Å². The Morgan fingerprint density at radius 2 is 2.18 bits per heavy atom. The molecule has 1 amide bonds. The summed E-state index contributed by atoms with van der Waals surface area (Å²) in [4.78, 5) is 18.2. The second-order valence-corrected chi connectivity index (χ2v) is 5.86. The number of aromatic nitrogens is 1. The van der Waals surface area contributed by atoms with Gasteiger partial charge >= 0.3 is 0 Å². The second-order valence-electron chi connectivity index (χ2n) is 5.02. The third kappa shape index (κ3) is 3.24. The van der Waals surface area contributed by atoms with Gasteiger partial charge in [0, 0.05) is 34.5 Å². The van der Waals surface area contributed by atoms with Crippen LogP contribution >= 0.6 is 23.2 Å². The van der Waals surface area contributed by atoms with Gasteiger partial charge in [-0.05, 0) is 24.3 Å². The van der Waals surface area contributed by atoms with Gasteiger partial charge < -0.3 is 9.64 Å². The van der Waals surface area contributed by atoms with E-state index < -0.39 is 0 Å². The van der Waals surface area contributed by atoms with Crippen LogP contribution in [-0.4, -0.2) is 35.5 Å². The fraction of sp³-hybridized carbons (Fsp3) is 0.250. The summed E-state index contributed by atoms with van der Waals surface area (Å²) in [5.41, 5.74) is 1.42. The number of carbonyl (C=O) groups excluding carboxylic acids is 1. The second kappa shape index (κ2) is 6.65. The Hall–Kier alpha value is -1.62. The monoisotopic (exact) mass is 336 g/mol. The maximum Gasteiger partial charge on any atom is 0.255 e. The third-order valence-electron chi connectivity index (χ3n) is 3.57. The first-order chi connectivity index (χ1) is 10.6. The van der Waals surface area contributed by atoms with Gasteiger partial charge in [-0.25, -0.2) is 0 Å². The lowest BCUT2D eigenvalue weighted by molar-refractivity contribution is -0.0227. The lowest BCUT2D eigenvalue weighted by atomic mass is 10.1. The largest absolute Gasteiger partial charge is 0.370 e. The van der Waals surface area contributed by atoms with Crippen molar-refractivity contribution < 1.29 is 9.53 Å². The van der Waals surface area contributed by atoms with Crippen LogP contribution in [0.5, 0.6) is 0 Å². The maximum atomic E-state index is 12.5. The van der Waals surface area contributed by atoms with E-state index >= 15 is 0 Å². The number of rotatable bonds is 2. The highest BCUT2D eigenvalue weighted by Crippen LogP contribution is 2.30. The first-order valence-corrected chi connectivity index (χ1v) is 7.66. The minimum Gasteiger partial charge on any atom is -0.370 e. The Bertz CT molecular complexity index is 679. The van der Waals surface area contributed by atoms with Crippen LogP contribution in [0.15, 0.2) is 42.7 Å². The zero-order valence-electron chi connectivity index (χ0n) is 11.7. The van der Waals surface area contributed by atoms with Crippen molar-refractivity contribution in [3.63, 3.8) is 0 Å². The molecule has 0 bridgehead atoms. The molecule has 2 heterocycles. The molecule has 1 unspecified atom stereocenters. The molecule has 3 rings (SSSR count). The van der Waals surface area contributed by atoms with Gasteiger partial charge in [0.15, 0.2) is 0 Å². The van der Waals surface area contributed by atoms with E-state index in [-0.39, 0.29) is 12.0 Å². The number of ether oxygens (including phenoxy) is 1. The smallest absolute Gasteiger partial charge is 0.255 e. The Morgan fingerprint density at radius 1 is 1.32 bits per heavy atom. The summed E-state index contributed by atoms with van der Waals surface area (Å²) in [6.45, 7) is 1.47. The molecule has 2 aromatic rings. The van der Waals surface area contributed by atoms with Gasteiger partial charge in [-0.15, -0.1) is 0 Å². The molecule has 1 fully saturated rings. The number of morpholine rings is 1. The van der Waals surface area contributed by atoms with Crippen molar-refractivity contribution in [2.24, 2.45) is 0 Å². The zero-order valence-corrected chi connectivity index (χ0v) is 13.2.